The van der Waals surface area contributed by atoms with E-state index in [1.165, 1.54) is 0 Å². The van der Waals surface area contributed by atoms with Crippen LogP contribution in [0.1, 0.15) is 5.56 Å². The molecule has 3 rings (SSSR count). The molecule has 1 saturated heterocycles. The first-order valence-corrected chi connectivity index (χ1v) is 7.67. The zero-order valence-corrected chi connectivity index (χ0v) is 12.8. The maximum Gasteiger partial charge on any atom is 0.317 e. The van der Waals surface area contributed by atoms with Crippen LogP contribution in [-0.2, 0) is 11.2 Å². The summed E-state index contributed by atoms with van der Waals surface area (Å²) in [6.07, 6.45) is 0.885. The monoisotopic (exact) mass is 306 g/mol. The minimum Gasteiger partial charge on any atom is -0.493 e. The van der Waals surface area contributed by atoms with Crippen molar-refractivity contribution in [1.29, 1.82) is 0 Å². The molecule has 0 radical (unpaired) electrons. The molecule has 120 valence electrons. The summed E-state index contributed by atoms with van der Waals surface area (Å²) in [4.78, 5) is 13.9. The number of urea groups is 1. The maximum atomic E-state index is 12.1. The average Bonchev–Trinajstić information content (AvgIpc) is 2.59. The molecule has 2 amide bonds. The molecule has 0 saturated carbocycles. The minimum absolute atomic E-state index is 0.0141. The number of benzene rings is 1. The summed E-state index contributed by atoms with van der Waals surface area (Å²) < 4.78 is 16.4. The van der Waals surface area contributed by atoms with Crippen molar-refractivity contribution in [3.8, 4) is 11.5 Å². The largest absolute Gasteiger partial charge is 0.493 e. The number of nitrogens with one attached hydrogen (secondary N) is 1. The lowest BCUT2D eigenvalue weighted by Gasteiger charge is -2.29. The van der Waals surface area contributed by atoms with Gasteiger partial charge in [-0.3, -0.25) is 0 Å². The Kier molecular flexibility index (Phi) is 4.68. The van der Waals surface area contributed by atoms with Crippen LogP contribution >= 0.6 is 0 Å². The van der Waals surface area contributed by atoms with Crippen LogP contribution in [0.15, 0.2) is 18.2 Å². The van der Waals surface area contributed by atoms with Crippen LogP contribution in [0, 0.1) is 5.92 Å². The molecular weight excluding hydrogens is 284 g/mol. The number of nitrogens with zero attached hydrogens (tertiary/aromatic N) is 1. The van der Waals surface area contributed by atoms with E-state index in [0.717, 1.165) is 23.5 Å². The number of rotatable bonds is 3. The Morgan fingerprint density at radius 3 is 3.00 bits per heavy atom. The molecule has 2 aliphatic heterocycles. The van der Waals surface area contributed by atoms with Crippen molar-refractivity contribution < 1.29 is 19.0 Å². The summed E-state index contributed by atoms with van der Waals surface area (Å²) in [6, 6.07) is 5.91. The highest BCUT2D eigenvalue weighted by Gasteiger charge is 2.24. The van der Waals surface area contributed by atoms with Crippen LogP contribution < -0.4 is 14.8 Å². The van der Waals surface area contributed by atoms with Gasteiger partial charge in [-0.1, -0.05) is 12.1 Å². The molecule has 0 aromatic heterocycles. The molecule has 22 heavy (non-hydrogen) atoms. The lowest BCUT2D eigenvalue weighted by atomic mass is 9.96. The lowest BCUT2D eigenvalue weighted by molar-refractivity contribution is 0.0527. The van der Waals surface area contributed by atoms with Crippen molar-refractivity contribution in [2.75, 3.05) is 46.6 Å². The molecule has 0 aliphatic carbocycles. The number of hydrogen-bond acceptors (Lipinski definition) is 4. The fourth-order valence-electron chi connectivity index (χ4n) is 2.86. The van der Waals surface area contributed by atoms with Gasteiger partial charge in [0.15, 0.2) is 11.5 Å². The van der Waals surface area contributed by atoms with Gasteiger partial charge in [0.25, 0.3) is 0 Å². The molecule has 0 unspecified atom stereocenters. The van der Waals surface area contributed by atoms with Gasteiger partial charge >= 0.3 is 6.03 Å². The number of ether oxygens (including phenoxy) is 3. The minimum atomic E-state index is -0.0141. The van der Waals surface area contributed by atoms with E-state index in [-0.39, 0.29) is 11.9 Å². The fourth-order valence-corrected chi connectivity index (χ4v) is 2.86. The Hall–Kier alpha value is -1.95. The van der Waals surface area contributed by atoms with E-state index in [2.05, 4.69) is 5.32 Å². The molecule has 1 fully saturated rings. The second kappa shape index (κ2) is 6.87. The van der Waals surface area contributed by atoms with E-state index in [1.807, 2.05) is 18.2 Å². The zero-order valence-electron chi connectivity index (χ0n) is 12.8. The number of carbonyl (C=O) groups excluding carboxylic acids is 1. The standard InChI is InChI=1S/C16H22N2O4/c1-20-14-4-2-3-13-9-12(11-22-15(13)14)10-17-16(19)18-5-7-21-8-6-18/h2-4,12H,5-11H2,1H3,(H,17,19)/t12-/m0/s1. The summed E-state index contributed by atoms with van der Waals surface area (Å²) in [5, 5.41) is 3.00. The van der Waals surface area contributed by atoms with Gasteiger partial charge in [-0.2, -0.15) is 0 Å². The Morgan fingerprint density at radius 1 is 1.41 bits per heavy atom. The number of fused-ring (bicyclic) bond motifs is 1. The van der Waals surface area contributed by atoms with E-state index in [1.54, 1.807) is 12.0 Å². The molecule has 2 aliphatic rings. The third kappa shape index (κ3) is 3.27. The Morgan fingerprint density at radius 2 is 2.23 bits per heavy atom. The molecule has 6 heteroatoms. The summed E-state index contributed by atoms with van der Waals surface area (Å²) in [5.74, 6) is 1.89. The second-order valence-corrected chi connectivity index (χ2v) is 5.62. The van der Waals surface area contributed by atoms with Gasteiger partial charge in [-0.15, -0.1) is 0 Å². The fraction of sp³-hybridized carbons (Fsp3) is 0.562. The Balaban J connectivity index is 1.53. The Labute approximate surface area is 130 Å². The third-order valence-corrected chi connectivity index (χ3v) is 4.09. The van der Waals surface area contributed by atoms with Crippen molar-refractivity contribution in [3.63, 3.8) is 0 Å². The highest BCUT2D eigenvalue weighted by atomic mass is 16.5. The molecular formula is C16H22N2O4. The van der Waals surface area contributed by atoms with Crippen LogP contribution in [0.4, 0.5) is 4.79 Å². The second-order valence-electron chi connectivity index (χ2n) is 5.62. The first-order chi connectivity index (χ1) is 10.8. The van der Waals surface area contributed by atoms with Gasteiger partial charge in [0.2, 0.25) is 0 Å². The van der Waals surface area contributed by atoms with Gasteiger partial charge in [-0.25, -0.2) is 4.79 Å². The molecule has 1 N–H and O–H groups in total. The summed E-state index contributed by atoms with van der Waals surface area (Å²) >= 11 is 0. The van der Waals surface area contributed by atoms with Crippen molar-refractivity contribution in [1.82, 2.24) is 10.2 Å². The van der Waals surface area contributed by atoms with Crippen LogP contribution in [0.3, 0.4) is 0 Å². The summed E-state index contributed by atoms with van der Waals surface area (Å²) in [6.45, 7) is 3.77. The van der Waals surface area contributed by atoms with E-state index in [0.29, 0.717) is 39.5 Å². The van der Waals surface area contributed by atoms with Crippen molar-refractivity contribution in [3.05, 3.63) is 23.8 Å². The molecule has 1 atom stereocenters. The van der Waals surface area contributed by atoms with Gasteiger partial charge in [0.05, 0.1) is 26.9 Å². The average molecular weight is 306 g/mol. The number of hydrogen-bond donors (Lipinski definition) is 1. The molecule has 1 aromatic rings. The summed E-state index contributed by atoms with van der Waals surface area (Å²) in [5.41, 5.74) is 1.14. The number of morpholine rings is 1. The number of amides is 2. The van der Waals surface area contributed by atoms with E-state index >= 15 is 0 Å². The SMILES string of the molecule is COc1cccc2c1OC[C@H](CNC(=O)N1CCOCC1)C2. The quantitative estimate of drug-likeness (QED) is 0.914. The normalized spacial score (nSPS) is 20.8. The van der Waals surface area contributed by atoms with E-state index < -0.39 is 0 Å². The number of carbonyl (C=O) groups is 1. The molecule has 0 spiro atoms. The Bertz CT molecular complexity index is 529. The predicted molar refractivity (Wildman–Crippen MR) is 81.5 cm³/mol. The van der Waals surface area contributed by atoms with E-state index in [9.17, 15) is 4.79 Å². The highest BCUT2D eigenvalue weighted by Crippen LogP contribution is 2.35. The van der Waals surface area contributed by atoms with Crippen LogP contribution in [-0.4, -0.2) is 57.5 Å². The van der Waals surface area contributed by atoms with Crippen molar-refractivity contribution in [2.24, 2.45) is 5.92 Å². The zero-order chi connectivity index (χ0) is 15.4. The van der Waals surface area contributed by atoms with Crippen molar-refractivity contribution in [2.45, 2.75) is 6.42 Å². The number of methoxy groups -OCH3 is 1. The molecule has 1 aromatic carbocycles. The van der Waals surface area contributed by atoms with E-state index in [4.69, 9.17) is 14.2 Å². The lowest BCUT2D eigenvalue weighted by Crippen LogP contribution is -2.48. The summed E-state index contributed by atoms with van der Waals surface area (Å²) in [7, 11) is 1.65. The van der Waals surface area contributed by atoms with Crippen LogP contribution in [0.25, 0.3) is 0 Å². The van der Waals surface area contributed by atoms with Crippen molar-refractivity contribution >= 4 is 6.03 Å². The molecule has 2 heterocycles. The first-order valence-electron chi connectivity index (χ1n) is 7.67. The maximum absolute atomic E-state index is 12.1. The smallest absolute Gasteiger partial charge is 0.317 e. The van der Waals surface area contributed by atoms with Gasteiger partial charge in [-0.05, 0) is 18.1 Å². The van der Waals surface area contributed by atoms with Crippen LogP contribution in [0.5, 0.6) is 11.5 Å². The molecule has 6 nitrogen and oxygen atoms in total. The topological polar surface area (TPSA) is 60.0 Å². The first kappa shape index (κ1) is 15.0. The highest BCUT2D eigenvalue weighted by molar-refractivity contribution is 5.74. The van der Waals surface area contributed by atoms with Gasteiger partial charge < -0.3 is 24.4 Å². The number of para-hydroxylation sites is 1. The van der Waals surface area contributed by atoms with Gasteiger partial charge in [0, 0.05) is 25.6 Å². The molecule has 0 bridgehead atoms. The van der Waals surface area contributed by atoms with Gasteiger partial charge in [0.1, 0.15) is 0 Å². The third-order valence-electron chi connectivity index (χ3n) is 4.09. The predicted octanol–water partition coefficient (Wildman–Crippen LogP) is 1.29. The van der Waals surface area contributed by atoms with Crippen LogP contribution in [0.2, 0.25) is 0 Å².